The zero-order valence-corrected chi connectivity index (χ0v) is 22.1. The number of carbonyl (C=O) groups excluding carboxylic acids is 1. The SMILES string of the molecule is O=C(C=Cc1cccc(C(F)(F)F)c1)N1CCC(C2CCN(S(=O)(=O)c3ccc(Br)s3)CC2)CC1. The number of nitrogens with zero attached hydrogens (tertiary/aromatic N) is 2. The first kappa shape index (κ1) is 26.4. The number of amides is 1. The van der Waals surface area contributed by atoms with Gasteiger partial charge in [0.25, 0.3) is 10.0 Å². The van der Waals surface area contributed by atoms with Gasteiger partial charge in [-0.2, -0.15) is 17.5 Å². The van der Waals surface area contributed by atoms with Crippen molar-refractivity contribution < 1.29 is 26.4 Å². The van der Waals surface area contributed by atoms with Crippen LogP contribution < -0.4 is 0 Å². The Hall–Kier alpha value is -1.69. The number of halogens is 4. The van der Waals surface area contributed by atoms with Crippen LogP contribution in [0, 0.1) is 11.8 Å². The van der Waals surface area contributed by atoms with Crippen LogP contribution >= 0.6 is 27.3 Å². The molecule has 11 heteroatoms. The molecule has 2 aliphatic rings. The van der Waals surface area contributed by atoms with E-state index < -0.39 is 21.8 Å². The summed E-state index contributed by atoms with van der Waals surface area (Å²) >= 11 is 4.54. The van der Waals surface area contributed by atoms with Crippen LogP contribution in [0.15, 0.2) is 50.5 Å². The molecule has 0 atom stereocenters. The number of piperidine rings is 2. The lowest BCUT2D eigenvalue weighted by atomic mass is 9.79. The number of hydrogen-bond donors (Lipinski definition) is 0. The second-order valence-electron chi connectivity index (χ2n) is 8.92. The average molecular weight is 592 g/mol. The summed E-state index contributed by atoms with van der Waals surface area (Å²) in [6.07, 6.45) is 1.64. The van der Waals surface area contributed by atoms with Gasteiger partial charge in [0, 0.05) is 32.3 Å². The fraction of sp³-hybridized carbons (Fsp3) is 0.458. The minimum Gasteiger partial charge on any atom is -0.339 e. The van der Waals surface area contributed by atoms with Crippen molar-refractivity contribution in [1.82, 2.24) is 9.21 Å². The highest BCUT2D eigenvalue weighted by atomic mass is 79.9. The summed E-state index contributed by atoms with van der Waals surface area (Å²) in [5, 5.41) is 0. The number of sulfonamides is 1. The molecule has 1 aromatic heterocycles. The summed E-state index contributed by atoms with van der Waals surface area (Å²) in [7, 11) is -3.46. The second kappa shape index (κ2) is 10.7. The summed E-state index contributed by atoms with van der Waals surface area (Å²) in [6, 6.07) is 8.27. The zero-order valence-electron chi connectivity index (χ0n) is 18.9. The van der Waals surface area contributed by atoms with E-state index in [4.69, 9.17) is 0 Å². The normalized spacial score (nSPS) is 19.5. The lowest BCUT2D eigenvalue weighted by molar-refractivity contribution is -0.137. The molecule has 1 aromatic carbocycles. The third kappa shape index (κ3) is 6.36. The van der Waals surface area contributed by atoms with Crippen LogP contribution in [0.3, 0.4) is 0 Å². The maximum absolute atomic E-state index is 12.9. The Balaban J connectivity index is 1.26. The van der Waals surface area contributed by atoms with Crippen molar-refractivity contribution in [3.63, 3.8) is 0 Å². The molecule has 2 aliphatic heterocycles. The predicted molar refractivity (Wildman–Crippen MR) is 133 cm³/mol. The van der Waals surface area contributed by atoms with E-state index in [-0.39, 0.29) is 5.91 Å². The lowest BCUT2D eigenvalue weighted by Crippen LogP contribution is -2.43. The van der Waals surface area contributed by atoms with Crippen LogP contribution in [0.1, 0.15) is 36.8 Å². The molecule has 0 saturated carbocycles. The molecular formula is C24H26BrF3N2O3S2. The van der Waals surface area contributed by atoms with Crippen molar-refractivity contribution in [3.05, 3.63) is 57.4 Å². The highest BCUT2D eigenvalue weighted by Crippen LogP contribution is 2.36. The Morgan fingerprint density at radius 2 is 1.63 bits per heavy atom. The standard InChI is InChI=1S/C24H26BrF3N2O3S2/c25-21-5-7-23(34-21)35(32,33)30-14-10-19(11-15-30)18-8-12-29(13-9-18)22(31)6-4-17-2-1-3-20(16-17)24(26,27)28/h1-7,16,18-19H,8-15H2. The number of benzene rings is 1. The van der Waals surface area contributed by atoms with Crippen molar-refractivity contribution in [2.45, 2.75) is 36.1 Å². The van der Waals surface area contributed by atoms with Crippen molar-refractivity contribution in [2.75, 3.05) is 26.2 Å². The van der Waals surface area contributed by atoms with Gasteiger partial charge < -0.3 is 4.90 Å². The Morgan fingerprint density at radius 1 is 1.00 bits per heavy atom. The largest absolute Gasteiger partial charge is 0.416 e. The van der Waals surface area contributed by atoms with E-state index in [1.54, 1.807) is 21.3 Å². The van der Waals surface area contributed by atoms with Gasteiger partial charge in [0.05, 0.1) is 9.35 Å². The van der Waals surface area contributed by atoms with E-state index in [0.29, 0.717) is 47.8 Å². The van der Waals surface area contributed by atoms with Crippen LogP contribution in [0.4, 0.5) is 13.2 Å². The molecule has 0 N–H and O–H groups in total. The molecule has 4 rings (SSSR count). The molecule has 0 bridgehead atoms. The molecular weight excluding hydrogens is 565 g/mol. The second-order valence-corrected chi connectivity index (χ2v) is 13.5. The number of likely N-dealkylation sites (tertiary alicyclic amines) is 1. The number of alkyl halides is 3. The van der Waals surface area contributed by atoms with Crippen LogP contribution in [-0.2, 0) is 21.0 Å². The van der Waals surface area contributed by atoms with E-state index >= 15 is 0 Å². The van der Waals surface area contributed by atoms with Gasteiger partial charge in [-0.1, -0.05) is 12.1 Å². The van der Waals surface area contributed by atoms with E-state index in [0.717, 1.165) is 41.6 Å². The molecule has 0 aliphatic carbocycles. The molecule has 1 amide bonds. The average Bonchev–Trinajstić information content (AvgIpc) is 3.29. The van der Waals surface area contributed by atoms with Crippen LogP contribution in [0.2, 0.25) is 0 Å². The van der Waals surface area contributed by atoms with Gasteiger partial charge in [0.1, 0.15) is 4.21 Å². The minimum absolute atomic E-state index is 0.205. The van der Waals surface area contributed by atoms with Crippen LogP contribution in [0.5, 0.6) is 0 Å². The van der Waals surface area contributed by atoms with Crippen molar-refractivity contribution in [3.8, 4) is 0 Å². The van der Waals surface area contributed by atoms with Gasteiger partial charge in [-0.25, -0.2) is 8.42 Å². The third-order valence-corrected chi connectivity index (χ3v) is 10.8. The Labute approximate surface area is 215 Å². The molecule has 0 unspecified atom stereocenters. The first-order valence-electron chi connectivity index (χ1n) is 11.4. The van der Waals surface area contributed by atoms with Crippen LogP contribution in [0.25, 0.3) is 6.08 Å². The van der Waals surface area contributed by atoms with E-state index in [1.807, 2.05) is 0 Å². The van der Waals surface area contributed by atoms with Gasteiger partial charge in [-0.05, 0) is 89.4 Å². The van der Waals surface area contributed by atoms with Gasteiger partial charge in [-0.15, -0.1) is 11.3 Å². The Bertz CT molecular complexity index is 1180. The van der Waals surface area contributed by atoms with E-state index in [9.17, 15) is 26.4 Å². The van der Waals surface area contributed by atoms with Crippen molar-refractivity contribution in [1.29, 1.82) is 0 Å². The van der Waals surface area contributed by atoms with Gasteiger partial charge >= 0.3 is 6.18 Å². The fourth-order valence-electron chi connectivity index (χ4n) is 4.83. The zero-order chi connectivity index (χ0) is 25.2. The summed E-state index contributed by atoms with van der Waals surface area (Å²) < 4.78 is 67.0. The smallest absolute Gasteiger partial charge is 0.339 e. The number of rotatable bonds is 5. The Kier molecular flexibility index (Phi) is 8.09. The minimum atomic E-state index is -4.42. The van der Waals surface area contributed by atoms with Crippen LogP contribution in [-0.4, -0.2) is 49.7 Å². The monoisotopic (exact) mass is 590 g/mol. The topological polar surface area (TPSA) is 57.7 Å². The molecule has 35 heavy (non-hydrogen) atoms. The molecule has 0 spiro atoms. The number of carbonyl (C=O) groups is 1. The summed E-state index contributed by atoms with van der Waals surface area (Å²) in [4.78, 5) is 14.3. The molecule has 2 fully saturated rings. The van der Waals surface area contributed by atoms with E-state index in [2.05, 4.69) is 15.9 Å². The lowest BCUT2D eigenvalue weighted by Gasteiger charge is -2.39. The third-order valence-electron chi connectivity index (χ3n) is 6.79. The predicted octanol–water partition coefficient (Wildman–Crippen LogP) is 5.88. The number of hydrogen-bond acceptors (Lipinski definition) is 4. The maximum Gasteiger partial charge on any atom is 0.416 e. The first-order chi connectivity index (χ1) is 16.5. The number of thiophene rings is 1. The van der Waals surface area contributed by atoms with Gasteiger partial charge in [0.2, 0.25) is 5.91 Å². The van der Waals surface area contributed by atoms with Gasteiger partial charge in [0.15, 0.2) is 0 Å². The maximum atomic E-state index is 12.9. The highest BCUT2D eigenvalue weighted by Gasteiger charge is 2.35. The summed E-state index contributed by atoms with van der Waals surface area (Å²) in [5.41, 5.74) is -0.408. The molecule has 0 radical (unpaired) electrons. The summed E-state index contributed by atoms with van der Waals surface area (Å²) in [6.45, 7) is 2.19. The quantitative estimate of drug-likeness (QED) is 0.408. The molecule has 2 aromatic rings. The first-order valence-corrected chi connectivity index (χ1v) is 14.5. The molecule has 190 valence electrons. The van der Waals surface area contributed by atoms with E-state index in [1.165, 1.54) is 35.6 Å². The highest BCUT2D eigenvalue weighted by molar-refractivity contribution is 9.11. The fourth-order valence-corrected chi connectivity index (χ4v) is 8.47. The Morgan fingerprint density at radius 3 is 2.20 bits per heavy atom. The summed E-state index contributed by atoms with van der Waals surface area (Å²) in [5.74, 6) is 0.658. The molecule has 2 saturated heterocycles. The van der Waals surface area contributed by atoms with Crippen molar-refractivity contribution >= 4 is 49.3 Å². The molecule has 5 nitrogen and oxygen atoms in total. The molecule has 3 heterocycles. The van der Waals surface area contributed by atoms with Crippen molar-refractivity contribution in [2.24, 2.45) is 11.8 Å². The van der Waals surface area contributed by atoms with Gasteiger partial charge in [-0.3, -0.25) is 4.79 Å².